The maximum absolute atomic E-state index is 12.5. The molecule has 7 heteroatoms. The highest BCUT2D eigenvalue weighted by molar-refractivity contribution is 6.04. The van der Waals surface area contributed by atoms with Crippen LogP contribution in [0.3, 0.4) is 0 Å². The van der Waals surface area contributed by atoms with Crippen molar-refractivity contribution in [2.75, 3.05) is 13.2 Å². The number of rotatable bonds is 11. The summed E-state index contributed by atoms with van der Waals surface area (Å²) in [5.74, 6) is 0.500. The number of amides is 2. The average Bonchev–Trinajstić information content (AvgIpc) is 2.56. The highest BCUT2D eigenvalue weighted by Crippen LogP contribution is 2.22. The van der Waals surface area contributed by atoms with Crippen LogP contribution in [0.5, 0.6) is 5.75 Å². The van der Waals surface area contributed by atoms with Crippen LogP contribution in [0, 0.1) is 13.8 Å². The molecule has 6 nitrogen and oxygen atoms in total. The summed E-state index contributed by atoms with van der Waals surface area (Å²) in [7, 11) is 1.90. The molecule has 1 rings (SSSR count). The number of aryl methyl sites for hydroxylation is 2. The molecule has 0 fully saturated rings. The van der Waals surface area contributed by atoms with Gasteiger partial charge in [0.25, 0.3) is 0 Å². The van der Waals surface area contributed by atoms with Crippen LogP contribution < -0.4 is 20.6 Å². The van der Waals surface area contributed by atoms with E-state index in [0.717, 1.165) is 36.3 Å². The molecule has 144 valence electrons. The number of ether oxygens (including phenoxy) is 1. The summed E-state index contributed by atoms with van der Waals surface area (Å²) in [6.45, 7) is 8.62. The highest BCUT2D eigenvalue weighted by Gasteiger charge is 2.20. The molecule has 0 radical (unpaired) electrons. The number of para-hydroxylation sites is 1. The standard InChI is InChI=1S/C19H32BN3O3/c1-13-8-7-9-14(2)18(13)26-12-15(3)22-19(25)17(23-16(4)24)10-5-6-11-21-20/h7-9,15,17,21H,5-6,10-12,20H2,1-4H3,(H,22,25)(H,23,24)/t15?,17-/m0/s1. The predicted molar refractivity (Wildman–Crippen MR) is 107 cm³/mol. The van der Waals surface area contributed by atoms with Crippen LogP contribution in [-0.2, 0) is 9.59 Å². The van der Waals surface area contributed by atoms with E-state index in [9.17, 15) is 9.59 Å². The average molecular weight is 361 g/mol. The molecular weight excluding hydrogens is 329 g/mol. The Morgan fingerprint density at radius 3 is 2.38 bits per heavy atom. The van der Waals surface area contributed by atoms with Crippen molar-refractivity contribution in [3.8, 4) is 5.75 Å². The van der Waals surface area contributed by atoms with Gasteiger partial charge in [0.15, 0.2) is 7.98 Å². The van der Waals surface area contributed by atoms with E-state index in [1.54, 1.807) is 0 Å². The van der Waals surface area contributed by atoms with Gasteiger partial charge in [0.1, 0.15) is 18.4 Å². The van der Waals surface area contributed by atoms with E-state index in [2.05, 4.69) is 15.9 Å². The van der Waals surface area contributed by atoms with Crippen LogP contribution in [0.15, 0.2) is 18.2 Å². The number of benzene rings is 1. The molecule has 2 amide bonds. The van der Waals surface area contributed by atoms with Gasteiger partial charge < -0.3 is 20.6 Å². The molecule has 0 aliphatic heterocycles. The third-order valence-corrected chi connectivity index (χ3v) is 4.14. The summed E-state index contributed by atoms with van der Waals surface area (Å²) in [5, 5.41) is 8.76. The molecule has 0 heterocycles. The second-order valence-corrected chi connectivity index (χ2v) is 6.79. The lowest BCUT2D eigenvalue weighted by Gasteiger charge is -2.22. The van der Waals surface area contributed by atoms with Crippen molar-refractivity contribution in [1.29, 1.82) is 0 Å². The molecule has 0 saturated carbocycles. The molecule has 0 spiro atoms. The summed E-state index contributed by atoms with van der Waals surface area (Å²) >= 11 is 0. The molecule has 0 aliphatic rings. The Kier molecular flexibility index (Phi) is 9.80. The maximum atomic E-state index is 12.5. The number of hydrogen-bond donors (Lipinski definition) is 3. The normalized spacial score (nSPS) is 12.9. The fourth-order valence-electron chi connectivity index (χ4n) is 2.78. The second kappa shape index (κ2) is 11.6. The smallest absolute Gasteiger partial charge is 0.242 e. The first-order chi connectivity index (χ1) is 12.3. The minimum atomic E-state index is -0.507. The summed E-state index contributed by atoms with van der Waals surface area (Å²) in [4.78, 5) is 23.9. The van der Waals surface area contributed by atoms with E-state index in [0.29, 0.717) is 13.0 Å². The molecule has 1 aromatic rings. The first-order valence-electron chi connectivity index (χ1n) is 9.26. The van der Waals surface area contributed by atoms with Gasteiger partial charge in [-0.1, -0.05) is 18.2 Å². The zero-order valence-corrected chi connectivity index (χ0v) is 16.6. The zero-order chi connectivity index (χ0) is 19.5. The SMILES string of the molecule is BNCCCC[C@H](NC(C)=O)C(=O)NC(C)COc1c(C)cccc1C. The van der Waals surface area contributed by atoms with Crippen molar-refractivity contribution in [3.05, 3.63) is 29.3 Å². The summed E-state index contributed by atoms with van der Waals surface area (Å²) in [5.41, 5.74) is 2.15. The Balaban J connectivity index is 2.53. The Morgan fingerprint density at radius 1 is 1.15 bits per heavy atom. The van der Waals surface area contributed by atoms with Gasteiger partial charge in [-0.15, -0.1) is 0 Å². The minimum Gasteiger partial charge on any atom is -0.491 e. The molecule has 26 heavy (non-hydrogen) atoms. The van der Waals surface area contributed by atoms with Crippen LogP contribution in [0.2, 0.25) is 0 Å². The highest BCUT2D eigenvalue weighted by atomic mass is 16.5. The summed E-state index contributed by atoms with van der Waals surface area (Å²) < 4.78 is 5.89. The monoisotopic (exact) mass is 361 g/mol. The fraction of sp³-hybridized carbons (Fsp3) is 0.579. The third-order valence-electron chi connectivity index (χ3n) is 4.14. The molecular formula is C19H32BN3O3. The largest absolute Gasteiger partial charge is 0.491 e. The zero-order valence-electron chi connectivity index (χ0n) is 16.6. The number of carbonyl (C=O) groups is 2. The van der Waals surface area contributed by atoms with Gasteiger partial charge in [-0.2, -0.15) is 0 Å². The van der Waals surface area contributed by atoms with Gasteiger partial charge in [0, 0.05) is 6.92 Å². The number of hydrogen-bond acceptors (Lipinski definition) is 4. The lowest BCUT2D eigenvalue weighted by molar-refractivity contribution is -0.128. The molecule has 3 N–H and O–H groups in total. The molecule has 1 aromatic carbocycles. The van der Waals surface area contributed by atoms with E-state index in [-0.39, 0.29) is 17.9 Å². The molecule has 0 saturated heterocycles. The molecule has 0 aliphatic carbocycles. The van der Waals surface area contributed by atoms with Crippen molar-refractivity contribution in [3.63, 3.8) is 0 Å². The molecule has 2 atom stereocenters. The van der Waals surface area contributed by atoms with Crippen LogP contribution in [0.25, 0.3) is 0 Å². The van der Waals surface area contributed by atoms with Gasteiger partial charge in [-0.05, 0) is 57.7 Å². The lowest BCUT2D eigenvalue weighted by Crippen LogP contribution is -2.49. The van der Waals surface area contributed by atoms with Gasteiger partial charge in [-0.25, -0.2) is 0 Å². The topological polar surface area (TPSA) is 79.5 Å². The van der Waals surface area contributed by atoms with Gasteiger partial charge in [-0.3, -0.25) is 9.59 Å². The molecule has 1 unspecified atom stereocenters. The Labute approximate surface area is 157 Å². The number of unbranched alkanes of at least 4 members (excludes halogenated alkanes) is 1. The first kappa shape index (κ1) is 22.0. The van der Waals surface area contributed by atoms with Crippen molar-refractivity contribution >= 4 is 19.8 Å². The quantitative estimate of drug-likeness (QED) is 0.406. The maximum Gasteiger partial charge on any atom is 0.242 e. The number of nitrogens with one attached hydrogen (secondary N) is 3. The minimum absolute atomic E-state index is 0.157. The van der Waals surface area contributed by atoms with Gasteiger partial charge in [0.2, 0.25) is 11.8 Å². The summed E-state index contributed by atoms with van der Waals surface area (Å²) in [6, 6.07) is 5.34. The lowest BCUT2D eigenvalue weighted by atomic mass is 10.1. The molecule has 0 aromatic heterocycles. The van der Waals surface area contributed by atoms with Crippen LogP contribution in [-0.4, -0.2) is 45.0 Å². The fourth-order valence-corrected chi connectivity index (χ4v) is 2.78. The Morgan fingerprint density at radius 2 is 1.81 bits per heavy atom. The molecule has 0 bridgehead atoms. The van der Waals surface area contributed by atoms with E-state index < -0.39 is 6.04 Å². The van der Waals surface area contributed by atoms with Crippen molar-refractivity contribution in [2.45, 2.75) is 59.0 Å². The predicted octanol–water partition coefficient (Wildman–Crippen LogP) is 1.000. The van der Waals surface area contributed by atoms with Crippen LogP contribution in [0.1, 0.15) is 44.2 Å². The Bertz CT molecular complexity index is 575. The third kappa shape index (κ3) is 7.91. The van der Waals surface area contributed by atoms with Crippen molar-refractivity contribution in [2.24, 2.45) is 0 Å². The van der Waals surface area contributed by atoms with Crippen molar-refractivity contribution < 1.29 is 14.3 Å². The Hall–Kier alpha value is -2.02. The first-order valence-corrected chi connectivity index (χ1v) is 9.26. The van der Waals surface area contributed by atoms with Crippen LogP contribution in [0.4, 0.5) is 0 Å². The van der Waals surface area contributed by atoms with Gasteiger partial charge in [0.05, 0.1) is 6.04 Å². The number of carbonyl (C=O) groups excluding carboxylic acids is 2. The summed E-state index contributed by atoms with van der Waals surface area (Å²) in [6.07, 6.45) is 2.45. The van der Waals surface area contributed by atoms with Crippen molar-refractivity contribution in [1.82, 2.24) is 15.9 Å². The van der Waals surface area contributed by atoms with E-state index in [4.69, 9.17) is 4.74 Å². The van der Waals surface area contributed by atoms with E-state index in [1.807, 2.05) is 47.0 Å². The second-order valence-electron chi connectivity index (χ2n) is 6.79. The van der Waals surface area contributed by atoms with Gasteiger partial charge >= 0.3 is 0 Å². The van der Waals surface area contributed by atoms with E-state index >= 15 is 0 Å². The van der Waals surface area contributed by atoms with E-state index in [1.165, 1.54) is 6.92 Å². The van der Waals surface area contributed by atoms with Crippen LogP contribution >= 0.6 is 0 Å².